The molecular formula is C12H27N3O5. The summed E-state index contributed by atoms with van der Waals surface area (Å²) in [4.78, 5) is 20.4. The lowest BCUT2D eigenvalue weighted by molar-refractivity contribution is -0.142. The van der Waals surface area contributed by atoms with Crippen molar-refractivity contribution in [2.24, 2.45) is 11.5 Å². The fourth-order valence-corrected chi connectivity index (χ4v) is 1.28. The molecule has 0 amide bonds. The van der Waals surface area contributed by atoms with Gasteiger partial charge in [-0.3, -0.25) is 9.59 Å². The normalized spacial score (nSPS) is 13.0. The Hall–Kier alpha value is -1.22. The number of unbranched alkanes of at least 4 members (excludes halogenated alkanes) is 2. The van der Waals surface area contributed by atoms with Gasteiger partial charge in [0, 0.05) is 0 Å². The predicted molar refractivity (Wildman–Crippen MR) is 74.4 cm³/mol. The summed E-state index contributed by atoms with van der Waals surface area (Å²) in [5.74, 6) is -1.94. The van der Waals surface area contributed by atoms with Crippen molar-refractivity contribution in [1.82, 2.24) is 5.48 Å². The molecule has 20 heavy (non-hydrogen) atoms. The summed E-state index contributed by atoms with van der Waals surface area (Å²) >= 11 is 0. The number of hydrogen-bond acceptors (Lipinski definition) is 6. The maximum atomic E-state index is 10.3. The molecule has 0 spiro atoms. The van der Waals surface area contributed by atoms with Crippen LogP contribution in [0.3, 0.4) is 0 Å². The molecule has 0 aliphatic heterocycles. The molecule has 0 saturated carbocycles. The SMILES string of the molecule is CCCC[C@H](N)C(=O)O.NCCCC[C@H](NO)C(=O)O. The van der Waals surface area contributed by atoms with E-state index in [9.17, 15) is 9.59 Å². The molecular weight excluding hydrogens is 266 g/mol. The fraction of sp³-hybridized carbons (Fsp3) is 0.833. The standard InChI is InChI=1S/C6H14N2O3.C6H13NO2/c7-4-2-1-3-5(8-11)6(9)10;1-2-3-4-5(7)6(8)9/h5,8,11H,1-4,7H2,(H,9,10);5H,2-4,7H2,1H3,(H,8,9)/t2*5-/m00/s1. The number of nitrogens with two attached hydrogens (primary N) is 2. The first-order valence-electron chi connectivity index (χ1n) is 6.71. The molecule has 0 fully saturated rings. The molecule has 8 nitrogen and oxygen atoms in total. The summed E-state index contributed by atoms with van der Waals surface area (Å²) in [6, 6.07) is -1.52. The molecule has 0 aromatic carbocycles. The van der Waals surface area contributed by atoms with Crippen molar-refractivity contribution >= 4 is 11.9 Å². The maximum absolute atomic E-state index is 10.3. The van der Waals surface area contributed by atoms with Gasteiger partial charge in [0.2, 0.25) is 0 Å². The highest BCUT2D eigenvalue weighted by molar-refractivity contribution is 5.73. The van der Waals surface area contributed by atoms with E-state index in [1.807, 2.05) is 6.92 Å². The molecule has 0 saturated heterocycles. The highest BCUT2D eigenvalue weighted by Crippen LogP contribution is 1.99. The summed E-state index contributed by atoms with van der Waals surface area (Å²) in [5.41, 5.74) is 12.1. The molecule has 120 valence electrons. The minimum absolute atomic E-state index is 0.406. The van der Waals surface area contributed by atoms with Crippen molar-refractivity contribution in [3.63, 3.8) is 0 Å². The third-order valence-corrected chi connectivity index (χ3v) is 2.59. The van der Waals surface area contributed by atoms with Crippen LogP contribution in [0.2, 0.25) is 0 Å². The molecule has 0 unspecified atom stereocenters. The topological polar surface area (TPSA) is 159 Å². The van der Waals surface area contributed by atoms with E-state index in [2.05, 4.69) is 0 Å². The van der Waals surface area contributed by atoms with Crippen molar-refractivity contribution < 1.29 is 25.0 Å². The average Bonchev–Trinajstić information content (AvgIpc) is 2.41. The van der Waals surface area contributed by atoms with E-state index in [1.165, 1.54) is 0 Å². The van der Waals surface area contributed by atoms with Crippen LogP contribution < -0.4 is 16.9 Å². The predicted octanol–water partition coefficient (Wildman–Crippen LogP) is 0.136. The van der Waals surface area contributed by atoms with Gasteiger partial charge in [-0.05, 0) is 32.2 Å². The van der Waals surface area contributed by atoms with E-state index in [1.54, 1.807) is 5.48 Å². The van der Waals surface area contributed by atoms with Crippen molar-refractivity contribution in [3.8, 4) is 0 Å². The van der Waals surface area contributed by atoms with E-state index in [-0.39, 0.29) is 0 Å². The lowest BCUT2D eigenvalue weighted by Gasteiger charge is -2.08. The lowest BCUT2D eigenvalue weighted by Crippen LogP contribution is -2.34. The highest BCUT2D eigenvalue weighted by atomic mass is 16.5. The first-order chi connectivity index (χ1) is 9.40. The first-order valence-corrected chi connectivity index (χ1v) is 6.71. The largest absolute Gasteiger partial charge is 0.480 e. The van der Waals surface area contributed by atoms with Crippen LogP contribution in [0.25, 0.3) is 0 Å². The molecule has 0 aliphatic rings. The van der Waals surface area contributed by atoms with Crippen LogP contribution in [-0.2, 0) is 9.59 Å². The molecule has 2 atom stereocenters. The van der Waals surface area contributed by atoms with Crippen molar-refractivity contribution in [1.29, 1.82) is 0 Å². The molecule has 0 aromatic heterocycles. The number of carboxylic acids is 2. The van der Waals surface area contributed by atoms with Crippen molar-refractivity contribution in [2.45, 2.75) is 57.5 Å². The summed E-state index contributed by atoms with van der Waals surface area (Å²) in [6.07, 6.45) is 4.38. The Morgan fingerprint density at radius 1 is 1.10 bits per heavy atom. The Kier molecular flexibility index (Phi) is 15.0. The van der Waals surface area contributed by atoms with Gasteiger partial charge in [0.05, 0.1) is 0 Å². The molecule has 0 aromatic rings. The van der Waals surface area contributed by atoms with E-state index in [0.29, 0.717) is 25.8 Å². The average molecular weight is 293 g/mol. The maximum Gasteiger partial charge on any atom is 0.323 e. The van der Waals surface area contributed by atoms with E-state index >= 15 is 0 Å². The number of carbonyl (C=O) groups is 2. The van der Waals surface area contributed by atoms with Gasteiger partial charge in [-0.25, -0.2) is 0 Å². The Labute approximate surface area is 119 Å². The van der Waals surface area contributed by atoms with E-state index < -0.39 is 24.0 Å². The van der Waals surface area contributed by atoms with Gasteiger partial charge < -0.3 is 26.9 Å². The zero-order chi connectivity index (χ0) is 16.0. The van der Waals surface area contributed by atoms with Crippen molar-refractivity contribution in [2.75, 3.05) is 6.54 Å². The molecule has 8 heteroatoms. The Morgan fingerprint density at radius 2 is 1.70 bits per heavy atom. The zero-order valence-corrected chi connectivity index (χ0v) is 11.9. The summed E-state index contributed by atoms with van der Waals surface area (Å²) < 4.78 is 0. The molecule has 0 bridgehead atoms. The Balaban J connectivity index is 0. The number of aliphatic carboxylic acids is 2. The Morgan fingerprint density at radius 3 is 2.05 bits per heavy atom. The first kappa shape index (κ1) is 21.1. The third-order valence-electron chi connectivity index (χ3n) is 2.59. The fourth-order valence-electron chi connectivity index (χ4n) is 1.28. The number of hydrogen-bond donors (Lipinski definition) is 6. The highest BCUT2D eigenvalue weighted by Gasteiger charge is 2.14. The molecule has 0 aliphatic carbocycles. The van der Waals surface area contributed by atoms with Gasteiger partial charge in [-0.1, -0.05) is 19.8 Å². The van der Waals surface area contributed by atoms with Gasteiger partial charge in [0.15, 0.2) is 0 Å². The second-order valence-corrected chi connectivity index (χ2v) is 4.39. The summed E-state index contributed by atoms with van der Waals surface area (Å²) in [6.45, 7) is 2.56. The second-order valence-electron chi connectivity index (χ2n) is 4.39. The number of hydroxylamine groups is 1. The smallest absolute Gasteiger partial charge is 0.323 e. The molecule has 8 N–H and O–H groups in total. The van der Waals surface area contributed by atoms with Gasteiger partial charge in [0.1, 0.15) is 12.1 Å². The van der Waals surface area contributed by atoms with Crippen LogP contribution in [0.4, 0.5) is 0 Å². The molecule has 0 heterocycles. The van der Waals surface area contributed by atoms with E-state index in [0.717, 1.165) is 19.3 Å². The van der Waals surface area contributed by atoms with Crippen molar-refractivity contribution in [3.05, 3.63) is 0 Å². The number of nitrogens with one attached hydrogen (secondary N) is 1. The van der Waals surface area contributed by atoms with E-state index in [4.69, 9.17) is 26.9 Å². The van der Waals surface area contributed by atoms with Gasteiger partial charge in [-0.15, -0.1) is 0 Å². The minimum Gasteiger partial charge on any atom is -0.480 e. The Bertz CT molecular complexity index is 263. The van der Waals surface area contributed by atoms with Crippen LogP contribution in [0.1, 0.15) is 45.4 Å². The van der Waals surface area contributed by atoms with Crippen LogP contribution in [0.15, 0.2) is 0 Å². The lowest BCUT2D eigenvalue weighted by atomic mass is 10.1. The minimum atomic E-state index is -1.04. The van der Waals surface area contributed by atoms with Gasteiger partial charge in [-0.2, -0.15) is 5.48 Å². The van der Waals surface area contributed by atoms with Gasteiger partial charge in [0.25, 0.3) is 0 Å². The summed E-state index contributed by atoms with van der Waals surface area (Å²) in [5, 5.41) is 25.0. The monoisotopic (exact) mass is 293 g/mol. The summed E-state index contributed by atoms with van der Waals surface area (Å²) in [7, 11) is 0. The molecule has 0 rings (SSSR count). The third kappa shape index (κ3) is 13.2. The van der Waals surface area contributed by atoms with Crippen LogP contribution in [0.5, 0.6) is 0 Å². The second kappa shape index (κ2) is 14.2. The van der Waals surface area contributed by atoms with Crippen LogP contribution >= 0.6 is 0 Å². The number of carboxylic acid groups (broad SMARTS) is 2. The zero-order valence-electron chi connectivity index (χ0n) is 11.9. The van der Waals surface area contributed by atoms with Crippen LogP contribution in [-0.4, -0.2) is 46.0 Å². The van der Waals surface area contributed by atoms with Crippen LogP contribution in [0, 0.1) is 0 Å². The molecule has 0 radical (unpaired) electrons. The number of rotatable bonds is 10. The van der Waals surface area contributed by atoms with Gasteiger partial charge >= 0.3 is 11.9 Å². The quantitative estimate of drug-likeness (QED) is 0.245.